The zero-order chi connectivity index (χ0) is 13.8. The third kappa shape index (κ3) is 3.48. The largest absolute Gasteiger partial charge is 0.545 e. The van der Waals surface area contributed by atoms with Gasteiger partial charge in [-0.2, -0.15) is 0 Å². The van der Waals surface area contributed by atoms with Crippen LogP contribution >= 0.6 is 11.6 Å². The van der Waals surface area contributed by atoms with E-state index in [0.717, 1.165) is 5.56 Å². The van der Waals surface area contributed by atoms with Crippen LogP contribution in [0.2, 0.25) is 5.02 Å². The number of aryl methyl sites for hydroxylation is 1. The van der Waals surface area contributed by atoms with Crippen molar-refractivity contribution in [3.8, 4) is 5.75 Å². The number of rotatable bonds is 4. The van der Waals surface area contributed by atoms with Crippen LogP contribution in [-0.2, 0) is 6.61 Å². The summed E-state index contributed by atoms with van der Waals surface area (Å²) in [5, 5.41) is 10.9. The lowest BCUT2D eigenvalue weighted by molar-refractivity contribution is -0.255. The summed E-state index contributed by atoms with van der Waals surface area (Å²) >= 11 is 5.95. The Hall–Kier alpha value is -2.00. The Morgan fingerprint density at radius 2 is 1.89 bits per heavy atom. The van der Waals surface area contributed by atoms with Crippen LogP contribution in [-0.4, -0.2) is 5.97 Å². The molecule has 0 unspecified atom stereocenters. The first-order valence-corrected chi connectivity index (χ1v) is 6.13. The molecule has 0 N–H and O–H groups in total. The van der Waals surface area contributed by atoms with Crippen molar-refractivity contribution < 1.29 is 14.6 Å². The topological polar surface area (TPSA) is 49.4 Å². The maximum Gasteiger partial charge on any atom is 0.138 e. The van der Waals surface area contributed by atoms with Gasteiger partial charge in [-0.3, -0.25) is 0 Å². The fourth-order valence-corrected chi connectivity index (χ4v) is 1.83. The van der Waals surface area contributed by atoms with Gasteiger partial charge in [-0.25, -0.2) is 0 Å². The normalized spacial score (nSPS) is 10.2. The highest BCUT2D eigenvalue weighted by Crippen LogP contribution is 2.26. The summed E-state index contributed by atoms with van der Waals surface area (Å²) in [4.78, 5) is 10.7. The summed E-state index contributed by atoms with van der Waals surface area (Å²) in [5.41, 5.74) is 2.23. The molecule has 0 aliphatic heterocycles. The average molecular weight is 276 g/mol. The monoisotopic (exact) mass is 275 g/mol. The molecule has 3 nitrogen and oxygen atoms in total. The summed E-state index contributed by atoms with van der Waals surface area (Å²) < 4.78 is 5.55. The molecule has 0 heterocycles. The van der Waals surface area contributed by atoms with Crippen LogP contribution < -0.4 is 9.84 Å². The van der Waals surface area contributed by atoms with E-state index in [1.165, 1.54) is 23.8 Å². The van der Waals surface area contributed by atoms with Crippen molar-refractivity contribution in [2.45, 2.75) is 13.5 Å². The van der Waals surface area contributed by atoms with Gasteiger partial charge in [-0.05, 0) is 36.2 Å². The molecule has 0 radical (unpaired) electrons. The Bertz CT molecular complexity index is 591. The van der Waals surface area contributed by atoms with Crippen LogP contribution in [0.15, 0.2) is 42.5 Å². The van der Waals surface area contributed by atoms with E-state index in [9.17, 15) is 9.90 Å². The molecule has 0 saturated carbocycles. The molecule has 19 heavy (non-hydrogen) atoms. The summed E-state index contributed by atoms with van der Waals surface area (Å²) in [6.07, 6.45) is 0. The van der Waals surface area contributed by atoms with Gasteiger partial charge in [0.2, 0.25) is 0 Å². The molecule has 2 aromatic rings. The zero-order valence-corrected chi connectivity index (χ0v) is 11.1. The first-order chi connectivity index (χ1) is 9.06. The Labute approximate surface area is 116 Å². The van der Waals surface area contributed by atoms with E-state index in [-0.39, 0.29) is 10.6 Å². The van der Waals surface area contributed by atoms with E-state index in [1.807, 2.05) is 31.2 Å². The number of carboxylic acid groups (broad SMARTS) is 1. The first kappa shape index (κ1) is 13.4. The molecule has 4 heteroatoms. The molecule has 0 spiro atoms. The van der Waals surface area contributed by atoms with Crippen molar-refractivity contribution in [2.24, 2.45) is 0 Å². The van der Waals surface area contributed by atoms with Crippen LogP contribution in [0.3, 0.4) is 0 Å². The number of benzene rings is 2. The van der Waals surface area contributed by atoms with Crippen molar-refractivity contribution in [1.29, 1.82) is 0 Å². The number of aromatic carboxylic acids is 1. The van der Waals surface area contributed by atoms with E-state index in [0.29, 0.717) is 12.4 Å². The second-order valence-electron chi connectivity index (χ2n) is 4.21. The van der Waals surface area contributed by atoms with Gasteiger partial charge >= 0.3 is 0 Å². The van der Waals surface area contributed by atoms with E-state index >= 15 is 0 Å². The van der Waals surface area contributed by atoms with Gasteiger partial charge in [0.05, 0.1) is 11.0 Å². The van der Waals surface area contributed by atoms with Crippen LogP contribution in [0.5, 0.6) is 5.75 Å². The fraction of sp³-hybridized carbons (Fsp3) is 0.133. The highest BCUT2D eigenvalue weighted by atomic mass is 35.5. The van der Waals surface area contributed by atoms with Gasteiger partial charge in [0.25, 0.3) is 0 Å². The van der Waals surface area contributed by atoms with E-state index < -0.39 is 5.97 Å². The number of hydrogen-bond donors (Lipinski definition) is 0. The summed E-state index contributed by atoms with van der Waals surface area (Å²) in [7, 11) is 0. The minimum absolute atomic E-state index is 0.0349. The van der Waals surface area contributed by atoms with E-state index in [4.69, 9.17) is 16.3 Å². The lowest BCUT2D eigenvalue weighted by Crippen LogP contribution is -2.22. The molecule has 0 saturated heterocycles. The van der Waals surface area contributed by atoms with Gasteiger partial charge in [0.15, 0.2) is 0 Å². The number of halogens is 1. The van der Waals surface area contributed by atoms with Crippen molar-refractivity contribution in [2.75, 3.05) is 0 Å². The summed E-state index contributed by atoms with van der Waals surface area (Å²) in [5.74, 6) is -0.806. The Morgan fingerprint density at radius 1 is 1.21 bits per heavy atom. The molecule has 0 fully saturated rings. The number of ether oxygens (including phenoxy) is 1. The van der Waals surface area contributed by atoms with Gasteiger partial charge in [-0.15, -0.1) is 0 Å². The standard InChI is InChI=1S/C15H13ClO3/c1-10-2-4-11(5-3-10)9-19-14-7-6-12(15(17)18)8-13(14)16/h2-8H,9H2,1H3,(H,17,18)/p-1. The van der Waals surface area contributed by atoms with E-state index in [2.05, 4.69) is 0 Å². The maximum atomic E-state index is 10.7. The van der Waals surface area contributed by atoms with Gasteiger partial charge in [-0.1, -0.05) is 41.4 Å². The Morgan fingerprint density at radius 3 is 2.47 bits per heavy atom. The second kappa shape index (κ2) is 5.76. The highest BCUT2D eigenvalue weighted by Gasteiger charge is 2.04. The van der Waals surface area contributed by atoms with Crippen LogP contribution in [0.1, 0.15) is 21.5 Å². The third-order valence-corrected chi connectivity index (χ3v) is 2.98. The average Bonchev–Trinajstić information content (AvgIpc) is 2.39. The van der Waals surface area contributed by atoms with Crippen LogP contribution in [0, 0.1) is 6.92 Å². The summed E-state index contributed by atoms with van der Waals surface area (Å²) in [6.45, 7) is 2.39. The number of hydrogen-bond acceptors (Lipinski definition) is 3. The lowest BCUT2D eigenvalue weighted by atomic mass is 10.2. The predicted molar refractivity (Wildman–Crippen MR) is 71.3 cm³/mol. The maximum absolute atomic E-state index is 10.7. The second-order valence-corrected chi connectivity index (χ2v) is 4.61. The molecule has 0 aromatic heterocycles. The van der Waals surface area contributed by atoms with Crippen molar-refractivity contribution >= 4 is 17.6 Å². The van der Waals surface area contributed by atoms with Gasteiger partial charge in [0, 0.05) is 0 Å². The third-order valence-electron chi connectivity index (χ3n) is 2.68. The number of carbonyl (C=O) groups excluding carboxylic acids is 1. The molecule has 0 aliphatic carbocycles. The smallest absolute Gasteiger partial charge is 0.138 e. The predicted octanol–water partition coefficient (Wildman–Crippen LogP) is 2.59. The van der Waals surface area contributed by atoms with Crippen molar-refractivity contribution in [1.82, 2.24) is 0 Å². The minimum Gasteiger partial charge on any atom is -0.545 e. The first-order valence-electron chi connectivity index (χ1n) is 5.75. The molecular formula is C15H12ClO3-. The lowest BCUT2D eigenvalue weighted by Gasteiger charge is -2.10. The minimum atomic E-state index is -1.26. The molecule has 0 bridgehead atoms. The van der Waals surface area contributed by atoms with Crippen LogP contribution in [0.25, 0.3) is 0 Å². The van der Waals surface area contributed by atoms with Gasteiger partial charge in [0.1, 0.15) is 12.4 Å². The van der Waals surface area contributed by atoms with E-state index in [1.54, 1.807) is 0 Å². The molecular weight excluding hydrogens is 264 g/mol. The van der Waals surface area contributed by atoms with Crippen LogP contribution in [0.4, 0.5) is 0 Å². The molecule has 2 rings (SSSR count). The van der Waals surface area contributed by atoms with Gasteiger partial charge < -0.3 is 14.6 Å². The molecule has 0 atom stereocenters. The van der Waals surface area contributed by atoms with Crippen molar-refractivity contribution in [3.05, 3.63) is 64.2 Å². The number of carbonyl (C=O) groups is 1. The number of carboxylic acids is 1. The molecule has 0 amide bonds. The summed E-state index contributed by atoms with van der Waals surface area (Å²) in [6, 6.07) is 12.2. The zero-order valence-electron chi connectivity index (χ0n) is 10.4. The molecule has 0 aliphatic rings. The highest BCUT2D eigenvalue weighted by molar-refractivity contribution is 6.32. The molecule has 98 valence electrons. The fourth-order valence-electron chi connectivity index (χ4n) is 1.59. The Balaban J connectivity index is 2.07. The Kier molecular flexibility index (Phi) is 4.07. The quantitative estimate of drug-likeness (QED) is 0.862. The van der Waals surface area contributed by atoms with Crippen molar-refractivity contribution in [3.63, 3.8) is 0 Å². The SMILES string of the molecule is Cc1ccc(COc2ccc(C(=O)[O-])cc2Cl)cc1. The molecule has 2 aromatic carbocycles.